The van der Waals surface area contributed by atoms with Gasteiger partial charge < -0.3 is 10.5 Å². The van der Waals surface area contributed by atoms with E-state index in [9.17, 15) is 0 Å². The van der Waals surface area contributed by atoms with E-state index in [0.717, 1.165) is 12.2 Å². The maximum Gasteiger partial charge on any atom is 0.120 e. The molecule has 0 heterocycles. The topological polar surface area (TPSA) is 35.2 Å². The molecule has 112 valence electrons. The number of hydrogen-bond acceptors (Lipinski definition) is 2. The highest BCUT2D eigenvalue weighted by atomic mass is 16.5. The highest BCUT2D eigenvalue weighted by molar-refractivity contribution is 5.30. The Morgan fingerprint density at radius 1 is 0.952 bits per heavy atom. The molecule has 0 bridgehead atoms. The molecule has 2 heteroatoms. The van der Waals surface area contributed by atoms with Crippen LogP contribution in [0, 0.1) is 0 Å². The fourth-order valence-corrected chi connectivity index (χ4v) is 2.23. The Bertz CT molecular complexity index is 567. The fraction of sp³-hybridized carbons (Fsp3) is 0.368. The second-order valence-electron chi connectivity index (χ2n) is 6.42. The molecule has 0 fully saturated rings. The summed E-state index contributed by atoms with van der Waals surface area (Å²) in [6.45, 7) is 7.93. The molecule has 0 aliphatic heterocycles. The van der Waals surface area contributed by atoms with Crippen LogP contribution in [-0.4, -0.2) is 6.54 Å². The lowest BCUT2D eigenvalue weighted by Crippen LogP contribution is -2.10. The van der Waals surface area contributed by atoms with Gasteiger partial charge in [-0.1, -0.05) is 57.2 Å². The Morgan fingerprint density at radius 2 is 1.67 bits per heavy atom. The van der Waals surface area contributed by atoms with Gasteiger partial charge in [-0.2, -0.15) is 0 Å². The van der Waals surface area contributed by atoms with Crippen molar-refractivity contribution in [3.8, 4) is 5.75 Å². The van der Waals surface area contributed by atoms with Crippen molar-refractivity contribution >= 4 is 0 Å². The van der Waals surface area contributed by atoms with Crippen LogP contribution >= 0.6 is 0 Å². The van der Waals surface area contributed by atoms with Crippen molar-refractivity contribution in [2.75, 3.05) is 6.54 Å². The number of ether oxygens (including phenoxy) is 1. The Labute approximate surface area is 127 Å². The van der Waals surface area contributed by atoms with Crippen molar-refractivity contribution < 1.29 is 4.74 Å². The lowest BCUT2D eigenvalue weighted by molar-refractivity contribution is 0.306. The van der Waals surface area contributed by atoms with Gasteiger partial charge in [-0.25, -0.2) is 0 Å². The third kappa shape index (κ3) is 4.61. The number of benzene rings is 2. The molecule has 0 unspecified atom stereocenters. The van der Waals surface area contributed by atoms with Crippen LogP contribution in [0.3, 0.4) is 0 Å². The van der Waals surface area contributed by atoms with Crippen molar-refractivity contribution in [1.82, 2.24) is 0 Å². The van der Waals surface area contributed by atoms with Crippen LogP contribution in [0.5, 0.6) is 5.75 Å². The lowest BCUT2D eigenvalue weighted by atomic mass is 9.87. The number of rotatable bonds is 5. The summed E-state index contributed by atoms with van der Waals surface area (Å²) >= 11 is 0. The molecule has 2 nitrogen and oxygen atoms in total. The summed E-state index contributed by atoms with van der Waals surface area (Å²) in [5.41, 5.74) is 9.53. The Balaban J connectivity index is 1.98. The van der Waals surface area contributed by atoms with Gasteiger partial charge in [0.1, 0.15) is 12.4 Å². The average molecular weight is 283 g/mol. The molecule has 0 amide bonds. The summed E-state index contributed by atoms with van der Waals surface area (Å²) in [7, 11) is 0. The molecular weight excluding hydrogens is 258 g/mol. The first-order valence-corrected chi connectivity index (χ1v) is 7.50. The minimum atomic E-state index is 0.190. The summed E-state index contributed by atoms with van der Waals surface area (Å²) in [6, 6.07) is 16.8. The molecule has 0 spiro atoms. The first kappa shape index (κ1) is 15.6. The highest BCUT2D eigenvalue weighted by Gasteiger charge is 2.12. The molecule has 2 N–H and O–H groups in total. The normalized spacial score (nSPS) is 11.4. The lowest BCUT2D eigenvalue weighted by Gasteiger charge is -2.19. The fourth-order valence-electron chi connectivity index (χ4n) is 2.23. The van der Waals surface area contributed by atoms with Gasteiger partial charge in [0.25, 0.3) is 0 Å². The van der Waals surface area contributed by atoms with E-state index in [1.165, 1.54) is 16.7 Å². The van der Waals surface area contributed by atoms with E-state index in [0.29, 0.717) is 13.2 Å². The van der Waals surface area contributed by atoms with Gasteiger partial charge in [0.05, 0.1) is 0 Å². The monoisotopic (exact) mass is 283 g/mol. The molecule has 2 aromatic carbocycles. The summed E-state index contributed by atoms with van der Waals surface area (Å²) in [6.07, 6.45) is 0.886. The van der Waals surface area contributed by atoms with Crippen molar-refractivity contribution in [3.63, 3.8) is 0 Å². The smallest absolute Gasteiger partial charge is 0.120 e. The molecular formula is C19H25NO. The molecule has 0 saturated heterocycles. The maximum absolute atomic E-state index is 5.86. The predicted octanol–water partition coefficient (Wildman–Crippen LogP) is 4.06. The van der Waals surface area contributed by atoms with Crippen LogP contribution in [0.25, 0.3) is 0 Å². The van der Waals surface area contributed by atoms with Crippen LogP contribution in [0.15, 0.2) is 48.5 Å². The van der Waals surface area contributed by atoms with Crippen molar-refractivity contribution in [3.05, 3.63) is 65.2 Å². The van der Waals surface area contributed by atoms with Gasteiger partial charge in [0.2, 0.25) is 0 Å². The Morgan fingerprint density at radius 3 is 2.29 bits per heavy atom. The summed E-state index contributed by atoms with van der Waals surface area (Å²) < 4.78 is 5.86. The first-order valence-electron chi connectivity index (χ1n) is 7.50. The molecule has 21 heavy (non-hydrogen) atoms. The minimum Gasteiger partial charge on any atom is -0.489 e. The van der Waals surface area contributed by atoms with Gasteiger partial charge in [-0.15, -0.1) is 0 Å². The second-order valence-corrected chi connectivity index (χ2v) is 6.42. The van der Waals surface area contributed by atoms with E-state index in [-0.39, 0.29) is 5.41 Å². The molecule has 0 radical (unpaired) electrons. The van der Waals surface area contributed by atoms with E-state index in [1.807, 2.05) is 12.1 Å². The molecule has 2 rings (SSSR count). The average Bonchev–Trinajstić information content (AvgIpc) is 2.45. The third-order valence-electron chi connectivity index (χ3n) is 3.56. The van der Waals surface area contributed by atoms with E-state index < -0.39 is 0 Å². The second kappa shape index (κ2) is 6.77. The SMILES string of the molecule is CC(C)(C)c1ccc(COc2cccc(CCN)c2)cc1. The zero-order valence-corrected chi connectivity index (χ0v) is 13.2. The zero-order valence-electron chi connectivity index (χ0n) is 13.2. The van der Waals surface area contributed by atoms with Crippen LogP contribution < -0.4 is 10.5 Å². The third-order valence-corrected chi connectivity index (χ3v) is 3.56. The standard InChI is InChI=1S/C19H25NO/c1-19(2,3)17-9-7-16(8-10-17)14-21-18-6-4-5-15(13-18)11-12-20/h4-10,13H,11-12,14,20H2,1-3H3. The Kier molecular flexibility index (Phi) is 5.03. The molecule has 0 aromatic heterocycles. The molecule has 0 aliphatic rings. The number of hydrogen-bond donors (Lipinski definition) is 1. The van der Waals surface area contributed by atoms with Gasteiger partial charge in [0.15, 0.2) is 0 Å². The summed E-state index contributed by atoms with van der Waals surface area (Å²) in [5.74, 6) is 0.904. The van der Waals surface area contributed by atoms with Gasteiger partial charge in [0, 0.05) is 0 Å². The predicted molar refractivity (Wildman–Crippen MR) is 88.7 cm³/mol. The maximum atomic E-state index is 5.86. The van der Waals surface area contributed by atoms with Crippen molar-refractivity contribution in [2.45, 2.75) is 39.2 Å². The van der Waals surface area contributed by atoms with Crippen LogP contribution in [-0.2, 0) is 18.4 Å². The van der Waals surface area contributed by atoms with Crippen LogP contribution in [0.4, 0.5) is 0 Å². The minimum absolute atomic E-state index is 0.190. The van der Waals surface area contributed by atoms with E-state index in [4.69, 9.17) is 10.5 Å². The van der Waals surface area contributed by atoms with E-state index in [2.05, 4.69) is 57.2 Å². The first-order chi connectivity index (χ1) is 9.99. The van der Waals surface area contributed by atoms with E-state index >= 15 is 0 Å². The molecule has 0 saturated carbocycles. The van der Waals surface area contributed by atoms with E-state index in [1.54, 1.807) is 0 Å². The van der Waals surface area contributed by atoms with Crippen LogP contribution in [0.2, 0.25) is 0 Å². The molecule has 0 aliphatic carbocycles. The van der Waals surface area contributed by atoms with Crippen molar-refractivity contribution in [1.29, 1.82) is 0 Å². The molecule has 2 aromatic rings. The van der Waals surface area contributed by atoms with Crippen molar-refractivity contribution in [2.24, 2.45) is 5.73 Å². The number of nitrogens with two attached hydrogens (primary N) is 1. The Hall–Kier alpha value is -1.80. The quantitative estimate of drug-likeness (QED) is 0.898. The van der Waals surface area contributed by atoms with Gasteiger partial charge in [-0.3, -0.25) is 0 Å². The van der Waals surface area contributed by atoms with Gasteiger partial charge >= 0.3 is 0 Å². The highest BCUT2D eigenvalue weighted by Crippen LogP contribution is 2.22. The van der Waals surface area contributed by atoms with Gasteiger partial charge in [-0.05, 0) is 47.2 Å². The van der Waals surface area contributed by atoms with Crippen LogP contribution in [0.1, 0.15) is 37.5 Å². The summed E-state index contributed by atoms with van der Waals surface area (Å²) in [5, 5.41) is 0. The summed E-state index contributed by atoms with van der Waals surface area (Å²) in [4.78, 5) is 0. The zero-order chi connectivity index (χ0) is 15.3. The largest absolute Gasteiger partial charge is 0.489 e. The molecule has 0 atom stereocenters.